The number of ether oxygens (including phenoxy) is 1. The summed E-state index contributed by atoms with van der Waals surface area (Å²) >= 11 is 0. The van der Waals surface area contributed by atoms with Crippen molar-refractivity contribution in [3.05, 3.63) is 65.2 Å². The monoisotopic (exact) mass is 351 g/mol. The van der Waals surface area contributed by atoms with Crippen molar-refractivity contribution in [1.82, 2.24) is 4.90 Å². The van der Waals surface area contributed by atoms with Crippen LogP contribution in [0.3, 0.4) is 0 Å². The molecule has 0 N–H and O–H groups in total. The number of nitrogens with zero attached hydrogens (tertiary/aromatic N) is 1. The van der Waals surface area contributed by atoms with Gasteiger partial charge in [-0.05, 0) is 43.3 Å². The Balaban J connectivity index is 1.74. The molecule has 0 saturated carbocycles. The van der Waals surface area contributed by atoms with Crippen LogP contribution in [0.4, 0.5) is 0 Å². The topological polar surface area (TPSA) is 80.8 Å². The Kier molecular flexibility index (Phi) is 4.67. The number of Topliss-reactive ketones (excluding diaryl/α,β-unsaturated/α-hetero) is 1. The predicted molar refractivity (Wildman–Crippen MR) is 93.1 cm³/mol. The van der Waals surface area contributed by atoms with Crippen LogP contribution in [-0.2, 0) is 4.79 Å². The first-order valence-corrected chi connectivity index (χ1v) is 8.26. The Morgan fingerprint density at radius 3 is 2.00 bits per heavy atom. The zero-order valence-electron chi connectivity index (χ0n) is 14.4. The maximum atomic E-state index is 12.4. The number of ketones is 1. The normalized spacial score (nSPS) is 14.2. The molecule has 0 saturated heterocycles. The van der Waals surface area contributed by atoms with Crippen LogP contribution in [0.5, 0.6) is 5.75 Å². The highest BCUT2D eigenvalue weighted by Crippen LogP contribution is 2.25. The number of amides is 2. The third-order valence-electron chi connectivity index (χ3n) is 4.27. The minimum absolute atomic E-state index is 0.0118. The summed E-state index contributed by atoms with van der Waals surface area (Å²) in [7, 11) is 0. The van der Waals surface area contributed by atoms with Crippen molar-refractivity contribution in [1.29, 1.82) is 0 Å². The van der Waals surface area contributed by atoms with Gasteiger partial charge in [0, 0.05) is 12.0 Å². The van der Waals surface area contributed by atoms with Gasteiger partial charge in [-0.3, -0.25) is 19.3 Å². The molecule has 6 heteroatoms. The maximum absolute atomic E-state index is 12.4. The summed E-state index contributed by atoms with van der Waals surface area (Å²) in [6.07, 6.45) is 0.385. The highest BCUT2D eigenvalue weighted by molar-refractivity contribution is 6.22. The molecule has 6 nitrogen and oxygen atoms in total. The van der Waals surface area contributed by atoms with E-state index >= 15 is 0 Å². The van der Waals surface area contributed by atoms with Crippen molar-refractivity contribution in [3.63, 3.8) is 0 Å². The third kappa shape index (κ3) is 3.01. The molecule has 2 aromatic carbocycles. The van der Waals surface area contributed by atoms with Crippen LogP contribution in [0.15, 0.2) is 48.5 Å². The Bertz CT molecular complexity index is 866. The summed E-state index contributed by atoms with van der Waals surface area (Å²) in [6.45, 7) is 3.21. The fourth-order valence-electron chi connectivity index (χ4n) is 2.78. The average Bonchev–Trinajstić information content (AvgIpc) is 2.92. The van der Waals surface area contributed by atoms with E-state index in [4.69, 9.17) is 4.74 Å². The predicted octanol–water partition coefficient (Wildman–Crippen LogP) is 2.87. The number of rotatable bonds is 5. The van der Waals surface area contributed by atoms with Crippen LogP contribution < -0.4 is 4.74 Å². The van der Waals surface area contributed by atoms with Crippen LogP contribution in [0, 0.1) is 0 Å². The number of hydrogen-bond donors (Lipinski definition) is 0. The Morgan fingerprint density at radius 1 is 0.962 bits per heavy atom. The lowest BCUT2D eigenvalue weighted by Crippen LogP contribution is -2.44. The number of carbonyl (C=O) groups excluding carboxylic acids is 4. The Labute approximate surface area is 150 Å². The van der Waals surface area contributed by atoms with Crippen molar-refractivity contribution in [2.24, 2.45) is 0 Å². The van der Waals surface area contributed by atoms with Crippen LogP contribution >= 0.6 is 0 Å². The van der Waals surface area contributed by atoms with Gasteiger partial charge in [-0.15, -0.1) is 0 Å². The number of carbonyl (C=O) groups is 4. The zero-order valence-corrected chi connectivity index (χ0v) is 14.4. The van der Waals surface area contributed by atoms with E-state index in [1.54, 1.807) is 43.3 Å². The summed E-state index contributed by atoms with van der Waals surface area (Å²) in [6, 6.07) is 11.5. The molecule has 0 unspecified atom stereocenters. The zero-order chi connectivity index (χ0) is 18.8. The van der Waals surface area contributed by atoms with Crippen LogP contribution in [0.25, 0.3) is 0 Å². The molecule has 132 valence electrons. The summed E-state index contributed by atoms with van der Waals surface area (Å²) in [5, 5.41) is 0. The van der Waals surface area contributed by atoms with Gasteiger partial charge in [0.15, 0.2) is 5.78 Å². The second kappa shape index (κ2) is 6.92. The quantitative estimate of drug-likeness (QED) is 0.358. The van der Waals surface area contributed by atoms with Gasteiger partial charge >= 0.3 is 5.97 Å². The molecule has 3 rings (SSSR count). The van der Waals surface area contributed by atoms with E-state index < -0.39 is 23.8 Å². The second-order valence-electron chi connectivity index (χ2n) is 5.92. The van der Waals surface area contributed by atoms with Crippen molar-refractivity contribution in [2.45, 2.75) is 26.3 Å². The summed E-state index contributed by atoms with van der Waals surface area (Å²) in [5.74, 6) is -1.53. The first-order valence-electron chi connectivity index (χ1n) is 8.26. The molecule has 0 bridgehead atoms. The molecular formula is C20H17NO5. The lowest BCUT2D eigenvalue weighted by Gasteiger charge is -2.20. The van der Waals surface area contributed by atoms with Crippen LogP contribution in [-0.4, -0.2) is 34.5 Å². The van der Waals surface area contributed by atoms with E-state index in [0.29, 0.717) is 12.0 Å². The van der Waals surface area contributed by atoms with Gasteiger partial charge in [0.1, 0.15) is 11.8 Å². The smallest absolute Gasteiger partial charge is 0.334 e. The fraction of sp³-hybridized carbons (Fsp3) is 0.200. The Morgan fingerprint density at radius 2 is 1.50 bits per heavy atom. The molecule has 0 aliphatic carbocycles. The minimum Gasteiger partial charge on any atom is -0.425 e. The van der Waals surface area contributed by atoms with Gasteiger partial charge in [0.25, 0.3) is 11.8 Å². The van der Waals surface area contributed by atoms with E-state index in [-0.39, 0.29) is 22.7 Å². The van der Waals surface area contributed by atoms with E-state index in [2.05, 4.69) is 0 Å². The highest BCUT2D eigenvalue weighted by atomic mass is 16.5. The van der Waals surface area contributed by atoms with Gasteiger partial charge < -0.3 is 4.74 Å². The van der Waals surface area contributed by atoms with E-state index in [9.17, 15) is 19.2 Å². The molecule has 0 fully saturated rings. The van der Waals surface area contributed by atoms with Crippen LogP contribution in [0.2, 0.25) is 0 Å². The molecule has 2 amide bonds. The van der Waals surface area contributed by atoms with Gasteiger partial charge in [-0.1, -0.05) is 19.1 Å². The van der Waals surface area contributed by atoms with E-state index in [1.807, 2.05) is 0 Å². The second-order valence-corrected chi connectivity index (χ2v) is 5.92. The maximum Gasteiger partial charge on any atom is 0.334 e. The number of hydrogen-bond acceptors (Lipinski definition) is 5. The van der Waals surface area contributed by atoms with Gasteiger partial charge in [-0.25, -0.2) is 4.79 Å². The Hall–Kier alpha value is -3.28. The van der Waals surface area contributed by atoms with Crippen molar-refractivity contribution >= 4 is 23.6 Å². The molecule has 1 atom stereocenters. The van der Waals surface area contributed by atoms with E-state index in [1.165, 1.54) is 19.1 Å². The molecule has 0 radical (unpaired) electrons. The summed E-state index contributed by atoms with van der Waals surface area (Å²) < 4.78 is 5.26. The molecule has 1 aliphatic rings. The SMILES string of the molecule is CCC(=O)c1ccc(OC(=O)[C@@H](C)N2C(=O)c3ccccc3C2=O)cc1. The molecule has 1 aliphatic heterocycles. The average molecular weight is 351 g/mol. The largest absolute Gasteiger partial charge is 0.425 e. The first-order chi connectivity index (χ1) is 12.4. The summed E-state index contributed by atoms with van der Waals surface area (Å²) in [5.41, 5.74) is 1.08. The molecule has 2 aromatic rings. The molecule has 26 heavy (non-hydrogen) atoms. The highest BCUT2D eigenvalue weighted by Gasteiger charge is 2.41. The van der Waals surface area contributed by atoms with Crippen molar-refractivity contribution in [3.8, 4) is 5.75 Å². The standard InChI is InChI=1S/C20H17NO5/c1-3-17(22)13-8-10-14(11-9-13)26-20(25)12(2)21-18(23)15-6-4-5-7-16(15)19(21)24/h4-12H,3H2,1-2H3/t12-/m1/s1. The van der Waals surface area contributed by atoms with Crippen molar-refractivity contribution < 1.29 is 23.9 Å². The van der Waals surface area contributed by atoms with Gasteiger partial charge in [-0.2, -0.15) is 0 Å². The summed E-state index contributed by atoms with van der Waals surface area (Å²) in [4.78, 5) is 49.7. The number of imide groups is 1. The van der Waals surface area contributed by atoms with Crippen molar-refractivity contribution in [2.75, 3.05) is 0 Å². The first kappa shape index (κ1) is 17.5. The molecule has 0 spiro atoms. The molecule has 1 heterocycles. The molecular weight excluding hydrogens is 334 g/mol. The molecule has 0 aromatic heterocycles. The van der Waals surface area contributed by atoms with Crippen LogP contribution in [0.1, 0.15) is 51.3 Å². The number of fused-ring (bicyclic) bond motifs is 1. The van der Waals surface area contributed by atoms with Gasteiger partial charge in [0.2, 0.25) is 0 Å². The van der Waals surface area contributed by atoms with E-state index in [0.717, 1.165) is 4.90 Å². The lowest BCUT2D eigenvalue weighted by atomic mass is 10.1. The number of benzene rings is 2. The third-order valence-corrected chi connectivity index (χ3v) is 4.27. The lowest BCUT2D eigenvalue weighted by molar-refractivity contribution is -0.138. The number of esters is 1. The fourth-order valence-corrected chi connectivity index (χ4v) is 2.78. The van der Waals surface area contributed by atoms with Gasteiger partial charge in [0.05, 0.1) is 11.1 Å². The minimum atomic E-state index is -1.07.